The van der Waals surface area contributed by atoms with Crippen molar-refractivity contribution in [2.24, 2.45) is 0 Å². The zero-order valence-electron chi connectivity index (χ0n) is 4.98. The van der Waals surface area contributed by atoms with E-state index >= 15 is 0 Å². The van der Waals surface area contributed by atoms with Crippen LogP contribution < -0.4 is 0 Å². The number of hydrogen-bond donors (Lipinski definition) is 0. The van der Waals surface area contributed by atoms with E-state index in [4.69, 9.17) is 4.74 Å². The standard InChI is InChI=1S/C6H12O/c1-4-5-7-6(2)3/h4,6H,2,5H2,1,3H3. The first-order chi connectivity index (χ1) is 3.27. The second-order valence-electron chi connectivity index (χ2n) is 1.55. The average Bonchev–Trinajstić information content (AvgIpc) is 1.61. The molecule has 0 bridgehead atoms. The van der Waals surface area contributed by atoms with Crippen LogP contribution in [0.3, 0.4) is 0 Å². The van der Waals surface area contributed by atoms with Crippen molar-refractivity contribution < 1.29 is 4.74 Å². The summed E-state index contributed by atoms with van der Waals surface area (Å²) in [5.41, 5.74) is 0. The van der Waals surface area contributed by atoms with Crippen LogP contribution >= 0.6 is 0 Å². The molecule has 1 nitrogen and oxygen atoms in total. The van der Waals surface area contributed by atoms with Gasteiger partial charge in [0.25, 0.3) is 0 Å². The smallest absolute Gasteiger partial charge is 0.0548 e. The van der Waals surface area contributed by atoms with Gasteiger partial charge in [0.2, 0.25) is 0 Å². The van der Waals surface area contributed by atoms with Gasteiger partial charge in [0.1, 0.15) is 0 Å². The van der Waals surface area contributed by atoms with E-state index in [1.54, 1.807) is 0 Å². The summed E-state index contributed by atoms with van der Waals surface area (Å²) in [6.45, 7) is 8.23. The Kier molecular flexibility index (Phi) is 4.10. The number of rotatable bonds is 3. The maximum absolute atomic E-state index is 5.02. The summed E-state index contributed by atoms with van der Waals surface area (Å²) in [6.07, 6.45) is 2.08. The maximum atomic E-state index is 5.02. The molecule has 0 saturated carbocycles. The molecule has 1 unspecified atom stereocenters. The molecule has 0 aliphatic heterocycles. The van der Waals surface area contributed by atoms with Gasteiger partial charge in [0.05, 0.1) is 6.10 Å². The first kappa shape index (κ1) is 6.96. The molecule has 42 valence electrons. The molecule has 0 spiro atoms. The van der Waals surface area contributed by atoms with Crippen molar-refractivity contribution in [2.75, 3.05) is 6.61 Å². The summed E-state index contributed by atoms with van der Waals surface area (Å²) >= 11 is 0. The van der Waals surface area contributed by atoms with E-state index in [1.807, 2.05) is 20.3 Å². The van der Waals surface area contributed by atoms with E-state index in [0.717, 1.165) is 0 Å². The fourth-order valence-corrected chi connectivity index (χ4v) is 0.260. The first-order valence-electron chi connectivity index (χ1n) is 2.50. The minimum Gasteiger partial charge on any atom is -0.378 e. The summed E-state index contributed by atoms with van der Waals surface area (Å²) in [5, 5.41) is 0. The summed E-state index contributed by atoms with van der Waals surface area (Å²) in [5.74, 6) is 0. The van der Waals surface area contributed by atoms with Crippen LogP contribution in [-0.2, 0) is 4.74 Å². The van der Waals surface area contributed by atoms with Crippen LogP contribution in [0.2, 0.25) is 0 Å². The predicted octanol–water partition coefficient (Wildman–Crippen LogP) is 1.45. The fourth-order valence-electron chi connectivity index (χ4n) is 0.260. The predicted molar refractivity (Wildman–Crippen MR) is 30.7 cm³/mol. The average molecular weight is 100 g/mol. The molecule has 0 aliphatic carbocycles. The minimum atomic E-state index is 0.121. The fraction of sp³-hybridized carbons (Fsp3) is 0.667. The SMILES string of the molecule is [CH2]C(C)OC[CH]C. The normalized spacial score (nSPS) is 10.3. The zero-order chi connectivity index (χ0) is 5.70. The van der Waals surface area contributed by atoms with Gasteiger partial charge in [-0.25, -0.2) is 0 Å². The van der Waals surface area contributed by atoms with Gasteiger partial charge in [-0.15, -0.1) is 0 Å². The summed E-state index contributed by atoms with van der Waals surface area (Å²) < 4.78 is 5.02. The Morgan fingerprint density at radius 1 is 1.86 bits per heavy atom. The van der Waals surface area contributed by atoms with E-state index in [1.165, 1.54) is 0 Å². The Morgan fingerprint density at radius 2 is 2.43 bits per heavy atom. The van der Waals surface area contributed by atoms with E-state index in [0.29, 0.717) is 6.61 Å². The highest BCUT2D eigenvalue weighted by atomic mass is 16.5. The third kappa shape index (κ3) is 5.96. The minimum absolute atomic E-state index is 0.121. The van der Waals surface area contributed by atoms with E-state index in [-0.39, 0.29) is 6.10 Å². The molecule has 0 aromatic rings. The first-order valence-corrected chi connectivity index (χ1v) is 2.50. The van der Waals surface area contributed by atoms with Crippen molar-refractivity contribution in [3.63, 3.8) is 0 Å². The lowest BCUT2D eigenvalue weighted by Gasteiger charge is -2.02. The number of ether oxygens (including phenoxy) is 1. The Bertz CT molecular complexity index is 33.2. The van der Waals surface area contributed by atoms with Gasteiger partial charge in [0.15, 0.2) is 0 Å². The van der Waals surface area contributed by atoms with Crippen LogP contribution in [0.5, 0.6) is 0 Å². The summed E-state index contributed by atoms with van der Waals surface area (Å²) in [6, 6.07) is 0. The van der Waals surface area contributed by atoms with E-state index in [9.17, 15) is 0 Å². The molecule has 0 saturated heterocycles. The highest BCUT2D eigenvalue weighted by Gasteiger charge is 1.87. The molecule has 0 aliphatic rings. The van der Waals surface area contributed by atoms with Crippen LogP contribution in [0.1, 0.15) is 13.8 Å². The Labute approximate surface area is 45.7 Å². The van der Waals surface area contributed by atoms with Crippen molar-refractivity contribution in [3.8, 4) is 0 Å². The molecule has 7 heavy (non-hydrogen) atoms. The van der Waals surface area contributed by atoms with Crippen molar-refractivity contribution in [3.05, 3.63) is 13.3 Å². The van der Waals surface area contributed by atoms with E-state index in [2.05, 4.69) is 6.92 Å². The molecule has 1 heteroatoms. The van der Waals surface area contributed by atoms with Crippen molar-refractivity contribution in [1.82, 2.24) is 0 Å². The molecule has 0 N–H and O–H groups in total. The lowest BCUT2D eigenvalue weighted by Crippen LogP contribution is -2.02. The van der Waals surface area contributed by atoms with E-state index < -0.39 is 0 Å². The van der Waals surface area contributed by atoms with Gasteiger partial charge in [-0.1, -0.05) is 6.92 Å². The van der Waals surface area contributed by atoms with Gasteiger partial charge in [-0.05, 0) is 20.3 Å². The molecule has 0 amide bonds. The topological polar surface area (TPSA) is 9.23 Å². The molecule has 1 atom stereocenters. The van der Waals surface area contributed by atoms with Crippen LogP contribution in [0.15, 0.2) is 0 Å². The Hall–Kier alpha value is -0.0400. The lowest BCUT2D eigenvalue weighted by molar-refractivity contribution is 0.114. The monoisotopic (exact) mass is 100 g/mol. The van der Waals surface area contributed by atoms with Gasteiger partial charge < -0.3 is 4.74 Å². The maximum Gasteiger partial charge on any atom is 0.0548 e. The quantitative estimate of drug-likeness (QED) is 0.521. The molecular weight excluding hydrogens is 88.1 g/mol. The van der Waals surface area contributed by atoms with Gasteiger partial charge in [-0.3, -0.25) is 0 Å². The Morgan fingerprint density at radius 3 is 2.57 bits per heavy atom. The third-order valence-electron chi connectivity index (χ3n) is 0.547. The van der Waals surface area contributed by atoms with Crippen molar-refractivity contribution >= 4 is 0 Å². The highest BCUT2D eigenvalue weighted by Crippen LogP contribution is 1.86. The second-order valence-corrected chi connectivity index (χ2v) is 1.55. The molecule has 0 aromatic heterocycles. The van der Waals surface area contributed by atoms with Crippen LogP contribution in [0.4, 0.5) is 0 Å². The Balaban J connectivity index is 2.68. The molecule has 0 rings (SSSR count). The van der Waals surface area contributed by atoms with Gasteiger partial charge in [-0.2, -0.15) is 0 Å². The largest absolute Gasteiger partial charge is 0.378 e. The van der Waals surface area contributed by atoms with Crippen LogP contribution in [0, 0.1) is 13.3 Å². The van der Waals surface area contributed by atoms with Crippen molar-refractivity contribution in [1.29, 1.82) is 0 Å². The third-order valence-corrected chi connectivity index (χ3v) is 0.547. The van der Waals surface area contributed by atoms with Gasteiger partial charge >= 0.3 is 0 Å². The molecular formula is C6H12O. The zero-order valence-corrected chi connectivity index (χ0v) is 4.98. The summed E-state index contributed by atoms with van der Waals surface area (Å²) in [7, 11) is 0. The summed E-state index contributed by atoms with van der Waals surface area (Å²) in [4.78, 5) is 0. The molecule has 2 radical (unpaired) electrons. The van der Waals surface area contributed by atoms with Crippen LogP contribution in [0.25, 0.3) is 0 Å². The second kappa shape index (κ2) is 4.13. The van der Waals surface area contributed by atoms with Crippen molar-refractivity contribution in [2.45, 2.75) is 20.0 Å². The lowest BCUT2D eigenvalue weighted by atomic mass is 10.4. The van der Waals surface area contributed by atoms with Gasteiger partial charge in [0, 0.05) is 6.61 Å². The molecule has 0 heterocycles. The van der Waals surface area contributed by atoms with Crippen LogP contribution in [-0.4, -0.2) is 12.7 Å². The molecule has 0 aromatic carbocycles. The highest BCUT2D eigenvalue weighted by molar-refractivity contribution is 4.56. The molecule has 0 fully saturated rings. The number of hydrogen-bond acceptors (Lipinski definition) is 1.